The first kappa shape index (κ1) is 18.3. The van der Waals surface area contributed by atoms with Gasteiger partial charge in [-0.2, -0.15) is 0 Å². The van der Waals surface area contributed by atoms with Gasteiger partial charge in [0, 0.05) is 12.1 Å². The molecule has 0 aliphatic carbocycles. The Labute approximate surface area is 155 Å². The summed E-state index contributed by atoms with van der Waals surface area (Å²) in [6, 6.07) is 17.1. The second kappa shape index (κ2) is 7.80. The lowest BCUT2D eigenvalue weighted by Gasteiger charge is -2.18. The van der Waals surface area contributed by atoms with Gasteiger partial charge in [0.15, 0.2) is 9.84 Å². The van der Waals surface area contributed by atoms with Gasteiger partial charge in [-0.15, -0.1) is 11.3 Å². The molecule has 0 bridgehead atoms. The lowest BCUT2D eigenvalue weighted by Crippen LogP contribution is -2.31. The number of halogens is 1. The minimum atomic E-state index is -3.65. The van der Waals surface area contributed by atoms with Crippen molar-refractivity contribution in [2.75, 3.05) is 6.54 Å². The van der Waals surface area contributed by atoms with Gasteiger partial charge < -0.3 is 5.32 Å². The van der Waals surface area contributed by atoms with Crippen molar-refractivity contribution in [1.29, 1.82) is 0 Å². The smallest absolute Gasteiger partial charge is 0.251 e. The van der Waals surface area contributed by atoms with Crippen LogP contribution >= 0.6 is 11.3 Å². The minimum Gasteiger partial charge on any atom is -0.350 e. The van der Waals surface area contributed by atoms with Crippen molar-refractivity contribution in [1.82, 2.24) is 5.32 Å². The molecule has 1 heterocycles. The van der Waals surface area contributed by atoms with E-state index in [1.807, 2.05) is 0 Å². The van der Waals surface area contributed by atoms with Crippen molar-refractivity contribution in [2.45, 2.75) is 9.46 Å². The third kappa shape index (κ3) is 4.00. The second-order valence-electron chi connectivity index (χ2n) is 5.59. The van der Waals surface area contributed by atoms with Crippen LogP contribution in [0.25, 0.3) is 0 Å². The van der Waals surface area contributed by atoms with Crippen molar-refractivity contribution in [3.05, 3.63) is 89.1 Å². The Balaban J connectivity index is 1.85. The van der Waals surface area contributed by atoms with Crippen molar-refractivity contribution in [2.24, 2.45) is 0 Å². The summed E-state index contributed by atoms with van der Waals surface area (Å²) in [4.78, 5) is 12.3. The minimum absolute atomic E-state index is 0.0829. The van der Waals surface area contributed by atoms with Gasteiger partial charge in [0.2, 0.25) is 0 Å². The molecule has 0 radical (unpaired) electrons. The fraction of sp³-hybridized carbons (Fsp3) is 0.105. The third-order valence-corrected chi connectivity index (χ3v) is 7.41. The van der Waals surface area contributed by atoms with Gasteiger partial charge in [-0.05, 0) is 41.3 Å². The van der Waals surface area contributed by atoms with Crippen molar-refractivity contribution < 1.29 is 17.6 Å². The van der Waals surface area contributed by atoms with E-state index in [0.717, 1.165) is 11.3 Å². The molecule has 0 fully saturated rings. The molecule has 26 heavy (non-hydrogen) atoms. The van der Waals surface area contributed by atoms with E-state index in [4.69, 9.17) is 0 Å². The Kier molecular flexibility index (Phi) is 5.49. The zero-order chi connectivity index (χ0) is 18.6. The van der Waals surface area contributed by atoms with Crippen molar-refractivity contribution in [3.63, 3.8) is 0 Å². The lowest BCUT2D eigenvalue weighted by atomic mass is 10.1. The molecule has 4 nitrogen and oxygen atoms in total. The topological polar surface area (TPSA) is 63.2 Å². The average Bonchev–Trinajstić information content (AvgIpc) is 3.18. The quantitative estimate of drug-likeness (QED) is 0.697. The highest BCUT2D eigenvalue weighted by atomic mass is 32.2. The van der Waals surface area contributed by atoms with E-state index in [2.05, 4.69) is 5.32 Å². The van der Waals surface area contributed by atoms with Crippen LogP contribution in [-0.2, 0) is 9.84 Å². The summed E-state index contributed by atoms with van der Waals surface area (Å²) < 4.78 is 39.2. The highest BCUT2D eigenvalue weighted by Crippen LogP contribution is 2.31. The molecule has 1 N–H and O–H groups in total. The van der Waals surface area contributed by atoms with E-state index in [-0.39, 0.29) is 16.3 Å². The first-order valence-electron chi connectivity index (χ1n) is 7.84. The molecule has 1 aromatic heterocycles. The molecule has 0 aliphatic rings. The zero-order valence-electron chi connectivity index (χ0n) is 13.6. The largest absolute Gasteiger partial charge is 0.350 e. The fourth-order valence-electron chi connectivity index (χ4n) is 2.53. The van der Waals surface area contributed by atoms with Crippen LogP contribution in [-0.4, -0.2) is 20.9 Å². The van der Waals surface area contributed by atoms with Gasteiger partial charge in [0.25, 0.3) is 5.91 Å². The van der Waals surface area contributed by atoms with Gasteiger partial charge in [0.05, 0.1) is 0 Å². The number of amides is 1. The van der Waals surface area contributed by atoms with Crippen LogP contribution in [0.15, 0.2) is 76.3 Å². The number of hydrogen-bond acceptors (Lipinski definition) is 4. The van der Waals surface area contributed by atoms with Crippen LogP contribution in [0, 0.1) is 5.82 Å². The molecule has 0 aliphatic heterocycles. The maximum atomic E-state index is 13.0. The molecule has 1 atom stereocenters. The number of benzene rings is 2. The Morgan fingerprint density at radius 3 is 2.31 bits per heavy atom. The SMILES string of the molecule is O=C(NC[C@H](c1ccccc1)S(=O)(=O)c1cccs1)c1ccc(F)cc1. The van der Waals surface area contributed by atoms with Crippen LogP contribution < -0.4 is 5.32 Å². The van der Waals surface area contributed by atoms with Crippen LogP contribution in [0.1, 0.15) is 21.2 Å². The Bertz CT molecular complexity index is 969. The number of thiophene rings is 1. The summed E-state index contributed by atoms with van der Waals surface area (Å²) in [5.41, 5.74) is 0.868. The highest BCUT2D eigenvalue weighted by molar-refractivity contribution is 7.93. The second-order valence-corrected chi connectivity index (χ2v) is 8.90. The maximum absolute atomic E-state index is 13.0. The number of hydrogen-bond donors (Lipinski definition) is 1. The molecular weight excluding hydrogens is 373 g/mol. The Morgan fingerprint density at radius 2 is 1.69 bits per heavy atom. The molecule has 0 spiro atoms. The van der Waals surface area contributed by atoms with Crippen LogP contribution in [0.2, 0.25) is 0 Å². The lowest BCUT2D eigenvalue weighted by molar-refractivity contribution is 0.0953. The molecule has 1 amide bonds. The molecular formula is C19H16FNO3S2. The number of nitrogens with one attached hydrogen (secondary N) is 1. The number of rotatable bonds is 6. The molecule has 134 valence electrons. The first-order valence-corrected chi connectivity index (χ1v) is 10.3. The van der Waals surface area contributed by atoms with Gasteiger partial charge in [-0.3, -0.25) is 4.79 Å². The molecule has 7 heteroatoms. The summed E-state index contributed by atoms with van der Waals surface area (Å²) >= 11 is 1.14. The number of carbonyl (C=O) groups is 1. The summed E-state index contributed by atoms with van der Waals surface area (Å²) in [6.45, 7) is -0.0829. The van der Waals surface area contributed by atoms with Gasteiger partial charge in [0.1, 0.15) is 15.3 Å². The molecule has 0 saturated heterocycles. The first-order chi connectivity index (χ1) is 12.5. The Morgan fingerprint density at radius 1 is 1.00 bits per heavy atom. The van der Waals surface area contributed by atoms with E-state index < -0.39 is 26.8 Å². The van der Waals surface area contributed by atoms with Crippen molar-refractivity contribution in [3.8, 4) is 0 Å². The Hall–Kier alpha value is -2.51. The number of carbonyl (C=O) groups excluding carboxylic acids is 1. The number of sulfone groups is 1. The molecule has 0 unspecified atom stereocenters. The summed E-state index contributed by atoms with van der Waals surface area (Å²) in [5.74, 6) is -0.892. The van der Waals surface area contributed by atoms with Crippen LogP contribution in [0.5, 0.6) is 0 Å². The average molecular weight is 389 g/mol. The predicted octanol–water partition coefficient (Wildman–Crippen LogP) is 3.83. The molecule has 0 saturated carbocycles. The van der Waals surface area contributed by atoms with E-state index in [0.29, 0.717) is 5.56 Å². The summed E-state index contributed by atoms with van der Waals surface area (Å²) in [5, 5.41) is 3.44. The van der Waals surface area contributed by atoms with E-state index in [1.165, 1.54) is 24.3 Å². The maximum Gasteiger partial charge on any atom is 0.251 e. The van der Waals surface area contributed by atoms with Gasteiger partial charge in [-0.25, -0.2) is 12.8 Å². The zero-order valence-corrected chi connectivity index (χ0v) is 15.3. The normalized spacial score (nSPS) is 12.5. The summed E-state index contributed by atoms with van der Waals surface area (Å²) in [6.07, 6.45) is 0. The van der Waals surface area contributed by atoms with Crippen LogP contribution in [0.3, 0.4) is 0 Å². The van der Waals surface area contributed by atoms with Crippen molar-refractivity contribution >= 4 is 27.1 Å². The molecule has 2 aromatic carbocycles. The predicted molar refractivity (Wildman–Crippen MR) is 99.4 cm³/mol. The third-order valence-electron chi connectivity index (χ3n) is 3.88. The van der Waals surface area contributed by atoms with Crippen LogP contribution in [0.4, 0.5) is 4.39 Å². The summed E-state index contributed by atoms with van der Waals surface area (Å²) in [7, 11) is -3.65. The molecule has 3 rings (SSSR count). The van der Waals surface area contributed by atoms with E-state index in [9.17, 15) is 17.6 Å². The fourth-order valence-corrected chi connectivity index (χ4v) is 5.40. The monoisotopic (exact) mass is 389 g/mol. The van der Waals surface area contributed by atoms with Gasteiger partial charge in [-0.1, -0.05) is 36.4 Å². The standard InChI is InChI=1S/C19H16FNO3S2/c20-16-10-8-15(9-11-16)19(22)21-13-17(14-5-2-1-3-6-14)26(23,24)18-7-4-12-25-18/h1-12,17H,13H2,(H,21,22)/t17-/m1/s1. The molecule has 3 aromatic rings. The van der Waals surface area contributed by atoms with E-state index in [1.54, 1.807) is 47.8 Å². The highest BCUT2D eigenvalue weighted by Gasteiger charge is 2.30. The van der Waals surface area contributed by atoms with Gasteiger partial charge >= 0.3 is 0 Å². The van der Waals surface area contributed by atoms with E-state index >= 15 is 0 Å².